The van der Waals surface area contributed by atoms with Crippen LogP contribution in [0.3, 0.4) is 0 Å². The SMILES string of the molecule is C[C@H]1COCCN1C[C@@H](O)COc1ccc(F)cc1. The van der Waals surface area contributed by atoms with E-state index in [4.69, 9.17) is 9.47 Å². The van der Waals surface area contributed by atoms with Gasteiger partial charge in [-0.2, -0.15) is 0 Å². The van der Waals surface area contributed by atoms with E-state index >= 15 is 0 Å². The van der Waals surface area contributed by atoms with Crippen molar-refractivity contribution in [1.29, 1.82) is 0 Å². The van der Waals surface area contributed by atoms with E-state index in [2.05, 4.69) is 11.8 Å². The highest BCUT2D eigenvalue weighted by Gasteiger charge is 2.21. The molecule has 0 radical (unpaired) electrons. The molecule has 1 N–H and O–H groups in total. The van der Waals surface area contributed by atoms with Crippen LogP contribution < -0.4 is 4.74 Å². The molecule has 2 rings (SSSR count). The lowest BCUT2D eigenvalue weighted by Crippen LogP contribution is -2.47. The first-order valence-electron chi connectivity index (χ1n) is 6.53. The normalized spacial score (nSPS) is 22.2. The number of aliphatic hydroxyl groups is 1. The Kier molecular flexibility index (Phi) is 5.13. The van der Waals surface area contributed by atoms with Crippen molar-refractivity contribution in [2.75, 3.05) is 32.9 Å². The van der Waals surface area contributed by atoms with E-state index in [9.17, 15) is 9.50 Å². The third-order valence-corrected chi connectivity index (χ3v) is 3.21. The Labute approximate surface area is 112 Å². The summed E-state index contributed by atoms with van der Waals surface area (Å²) in [6.07, 6.45) is -0.564. The first kappa shape index (κ1) is 14.2. The smallest absolute Gasteiger partial charge is 0.123 e. The molecule has 1 aromatic carbocycles. The summed E-state index contributed by atoms with van der Waals surface area (Å²) in [7, 11) is 0. The number of morpholine rings is 1. The Balaban J connectivity index is 1.74. The third kappa shape index (κ3) is 4.45. The molecule has 0 bridgehead atoms. The summed E-state index contributed by atoms with van der Waals surface area (Å²) in [4.78, 5) is 2.18. The molecule has 0 spiro atoms. The number of aliphatic hydroxyl groups excluding tert-OH is 1. The van der Waals surface area contributed by atoms with E-state index in [1.165, 1.54) is 12.1 Å². The number of nitrogens with zero attached hydrogens (tertiary/aromatic N) is 1. The van der Waals surface area contributed by atoms with Crippen LogP contribution in [0.15, 0.2) is 24.3 Å². The zero-order valence-electron chi connectivity index (χ0n) is 11.1. The molecule has 1 heterocycles. The molecular weight excluding hydrogens is 249 g/mol. The lowest BCUT2D eigenvalue weighted by Gasteiger charge is -2.34. The zero-order valence-corrected chi connectivity index (χ0v) is 11.1. The fourth-order valence-corrected chi connectivity index (χ4v) is 2.08. The molecule has 1 aromatic rings. The fraction of sp³-hybridized carbons (Fsp3) is 0.571. The lowest BCUT2D eigenvalue weighted by atomic mass is 10.2. The van der Waals surface area contributed by atoms with E-state index < -0.39 is 6.10 Å². The summed E-state index contributed by atoms with van der Waals surface area (Å²) in [5.41, 5.74) is 0. The Morgan fingerprint density at radius 1 is 1.47 bits per heavy atom. The molecule has 1 aliphatic rings. The number of hydrogen-bond donors (Lipinski definition) is 1. The molecule has 106 valence electrons. The molecule has 0 aliphatic carbocycles. The number of halogens is 1. The van der Waals surface area contributed by atoms with Crippen molar-refractivity contribution >= 4 is 0 Å². The summed E-state index contributed by atoms with van der Waals surface area (Å²) < 4.78 is 23.5. The van der Waals surface area contributed by atoms with E-state index in [0.29, 0.717) is 31.5 Å². The summed E-state index contributed by atoms with van der Waals surface area (Å²) in [5, 5.41) is 9.95. The van der Waals surface area contributed by atoms with Gasteiger partial charge in [-0.3, -0.25) is 4.90 Å². The predicted molar refractivity (Wildman–Crippen MR) is 69.8 cm³/mol. The van der Waals surface area contributed by atoms with Crippen LogP contribution >= 0.6 is 0 Å². The molecule has 19 heavy (non-hydrogen) atoms. The number of rotatable bonds is 5. The molecule has 1 aliphatic heterocycles. The first-order valence-corrected chi connectivity index (χ1v) is 6.53. The van der Waals surface area contributed by atoms with Gasteiger partial charge in [-0.1, -0.05) is 0 Å². The lowest BCUT2D eigenvalue weighted by molar-refractivity contribution is -0.0265. The maximum absolute atomic E-state index is 12.7. The molecule has 1 fully saturated rings. The molecule has 0 aromatic heterocycles. The Hall–Kier alpha value is -1.17. The minimum Gasteiger partial charge on any atom is -0.491 e. The molecule has 0 amide bonds. The molecule has 4 nitrogen and oxygen atoms in total. The molecule has 2 atom stereocenters. The Bertz CT molecular complexity index is 385. The van der Waals surface area contributed by atoms with Gasteiger partial charge in [-0.15, -0.1) is 0 Å². The van der Waals surface area contributed by atoms with E-state index in [1.54, 1.807) is 12.1 Å². The standard InChI is InChI=1S/C14H20FNO3/c1-11-9-18-7-6-16(11)8-13(17)10-19-14-4-2-12(15)3-5-14/h2-5,11,13,17H,6-10H2,1H3/t11-,13+/m0/s1. The average molecular weight is 269 g/mol. The summed E-state index contributed by atoms with van der Waals surface area (Å²) in [6, 6.07) is 6.10. The van der Waals surface area contributed by atoms with Gasteiger partial charge in [0.2, 0.25) is 0 Å². The summed E-state index contributed by atoms with van der Waals surface area (Å²) >= 11 is 0. The van der Waals surface area contributed by atoms with Crippen LogP contribution in [0.2, 0.25) is 0 Å². The van der Waals surface area contributed by atoms with Crippen LogP contribution in [-0.2, 0) is 4.74 Å². The number of β-amino-alcohol motifs (C(OH)–C–C–N with tert-alkyl or cyclic N) is 1. The monoisotopic (exact) mass is 269 g/mol. The van der Waals surface area contributed by atoms with E-state index in [1.807, 2.05) is 0 Å². The fourth-order valence-electron chi connectivity index (χ4n) is 2.08. The number of ether oxygens (including phenoxy) is 2. The van der Waals surface area contributed by atoms with Crippen LogP contribution in [0.25, 0.3) is 0 Å². The van der Waals surface area contributed by atoms with Gasteiger partial charge in [0.05, 0.1) is 13.2 Å². The van der Waals surface area contributed by atoms with E-state index in [0.717, 1.165) is 6.54 Å². The minimum atomic E-state index is -0.564. The minimum absolute atomic E-state index is 0.204. The molecule has 0 unspecified atom stereocenters. The van der Waals surface area contributed by atoms with Crippen molar-refractivity contribution < 1.29 is 19.0 Å². The van der Waals surface area contributed by atoms with Crippen molar-refractivity contribution in [1.82, 2.24) is 4.90 Å². The topological polar surface area (TPSA) is 41.9 Å². The van der Waals surface area contributed by atoms with Gasteiger partial charge in [-0.25, -0.2) is 4.39 Å². The highest BCUT2D eigenvalue weighted by molar-refractivity contribution is 5.22. The summed E-state index contributed by atoms with van der Waals surface area (Å²) in [5.74, 6) is 0.269. The molecule has 5 heteroatoms. The van der Waals surface area contributed by atoms with Gasteiger partial charge in [0.1, 0.15) is 24.3 Å². The van der Waals surface area contributed by atoms with Crippen molar-refractivity contribution in [3.8, 4) is 5.75 Å². The Morgan fingerprint density at radius 2 is 2.21 bits per heavy atom. The van der Waals surface area contributed by atoms with Gasteiger partial charge < -0.3 is 14.6 Å². The van der Waals surface area contributed by atoms with Crippen molar-refractivity contribution in [3.63, 3.8) is 0 Å². The summed E-state index contributed by atoms with van der Waals surface area (Å²) in [6.45, 7) is 5.07. The number of hydrogen-bond acceptors (Lipinski definition) is 4. The van der Waals surface area contributed by atoms with Gasteiger partial charge in [0, 0.05) is 19.1 Å². The van der Waals surface area contributed by atoms with Crippen LogP contribution in [0.4, 0.5) is 4.39 Å². The molecule has 0 saturated carbocycles. The molecule has 1 saturated heterocycles. The molecular formula is C14H20FNO3. The van der Waals surface area contributed by atoms with Crippen LogP contribution in [0.5, 0.6) is 5.75 Å². The second-order valence-electron chi connectivity index (χ2n) is 4.84. The van der Waals surface area contributed by atoms with Gasteiger partial charge in [-0.05, 0) is 31.2 Å². The number of benzene rings is 1. The van der Waals surface area contributed by atoms with Gasteiger partial charge >= 0.3 is 0 Å². The predicted octanol–water partition coefficient (Wildman–Crippen LogP) is 1.29. The van der Waals surface area contributed by atoms with Crippen molar-refractivity contribution in [3.05, 3.63) is 30.1 Å². The van der Waals surface area contributed by atoms with E-state index in [-0.39, 0.29) is 12.4 Å². The van der Waals surface area contributed by atoms with Gasteiger partial charge in [0.15, 0.2) is 0 Å². The average Bonchev–Trinajstić information content (AvgIpc) is 2.41. The van der Waals surface area contributed by atoms with Crippen LogP contribution in [-0.4, -0.2) is 55.1 Å². The maximum atomic E-state index is 12.7. The quantitative estimate of drug-likeness (QED) is 0.874. The second-order valence-corrected chi connectivity index (χ2v) is 4.84. The zero-order chi connectivity index (χ0) is 13.7. The largest absolute Gasteiger partial charge is 0.491 e. The van der Waals surface area contributed by atoms with Gasteiger partial charge in [0.25, 0.3) is 0 Å². The van der Waals surface area contributed by atoms with Crippen molar-refractivity contribution in [2.24, 2.45) is 0 Å². The van der Waals surface area contributed by atoms with Crippen LogP contribution in [0.1, 0.15) is 6.92 Å². The highest BCUT2D eigenvalue weighted by atomic mass is 19.1. The second kappa shape index (κ2) is 6.84. The van der Waals surface area contributed by atoms with Crippen LogP contribution in [0, 0.1) is 5.82 Å². The third-order valence-electron chi connectivity index (χ3n) is 3.21. The van der Waals surface area contributed by atoms with Crippen molar-refractivity contribution in [2.45, 2.75) is 19.1 Å². The highest BCUT2D eigenvalue weighted by Crippen LogP contribution is 2.12. The maximum Gasteiger partial charge on any atom is 0.123 e. The Morgan fingerprint density at radius 3 is 2.89 bits per heavy atom. The first-order chi connectivity index (χ1) is 9.15.